The summed E-state index contributed by atoms with van der Waals surface area (Å²) in [5.74, 6) is 0. The van der Waals surface area contributed by atoms with Crippen LogP contribution in [0.25, 0.3) is 0 Å². The molecule has 0 spiro atoms. The smallest absolute Gasteiger partial charge is 0.00490 e. The Morgan fingerprint density at radius 1 is 0.882 bits per heavy atom. The van der Waals surface area contributed by atoms with Crippen LogP contribution in [0.5, 0.6) is 0 Å². The topological polar surface area (TPSA) is 12.0 Å². The molecule has 1 rings (SSSR count). The van der Waals surface area contributed by atoms with Crippen LogP contribution in [0, 0.1) is 0 Å². The minimum Gasteiger partial charge on any atom is -0.317 e. The standard InChI is InChI=1S/C7H17N.C5H8.2C2H6/c1-3-5-6-7-8-4-2;1-2-4-5-3-1;2*1-2/h8H,3-7H2,1-2H3;1-2H,3-5H2;2*1-2H3. The SMILES string of the molecule is C1=CCCC1.CC.CC.CCCCCNCC. The van der Waals surface area contributed by atoms with Gasteiger partial charge in [0, 0.05) is 0 Å². The normalized spacial score (nSPS) is 11.4. The van der Waals surface area contributed by atoms with Crippen molar-refractivity contribution in [1.29, 1.82) is 0 Å². The Bertz CT molecular complexity index is 96.1. The van der Waals surface area contributed by atoms with Gasteiger partial charge in [-0.15, -0.1) is 0 Å². The number of hydrogen-bond acceptors (Lipinski definition) is 1. The quantitative estimate of drug-likeness (QED) is 0.492. The van der Waals surface area contributed by atoms with Crippen molar-refractivity contribution in [3.8, 4) is 0 Å². The number of hydrogen-bond donors (Lipinski definition) is 1. The van der Waals surface area contributed by atoms with Gasteiger partial charge in [-0.2, -0.15) is 0 Å². The third kappa shape index (κ3) is 31.3. The first kappa shape index (κ1) is 21.9. The van der Waals surface area contributed by atoms with Crippen molar-refractivity contribution in [2.75, 3.05) is 13.1 Å². The molecule has 1 nitrogen and oxygen atoms in total. The van der Waals surface area contributed by atoms with Gasteiger partial charge in [-0.25, -0.2) is 0 Å². The zero-order valence-corrected chi connectivity index (χ0v) is 13.3. The lowest BCUT2D eigenvalue weighted by molar-refractivity contribution is 0.633. The molecule has 0 aromatic rings. The Morgan fingerprint density at radius 3 is 1.71 bits per heavy atom. The van der Waals surface area contributed by atoms with E-state index < -0.39 is 0 Å². The van der Waals surface area contributed by atoms with Crippen LogP contribution in [-0.4, -0.2) is 13.1 Å². The van der Waals surface area contributed by atoms with Crippen molar-refractivity contribution in [2.24, 2.45) is 0 Å². The Hall–Kier alpha value is -0.300. The lowest BCUT2D eigenvalue weighted by Crippen LogP contribution is -2.13. The summed E-state index contributed by atoms with van der Waals surface area (Å²) in [6.07, 6.45) is 12.5. The molecular formula is C16H37N. The monoisotopic (exact) mass is 243 g/mol. The molecule has 0 saturated carbocycles. The van der Waals surface area contributed by atoms with Crippen molar-refractivity contribution >= 4 is 0 Å². The number of rotatable bonds is 5. The predicted octanol–water partition coefficient (Wildman–Crippen LogP) is 5.57. The first-order chi connectivity index (χ1) is 8.41. The fourth-order valence-electron chi connectivity index (χ4n) is 1.27. The summed E-state index contributed by atoms with van der Waals surface area (Å²) in [7, 11) is 0. The third-order valence-corrected chi connectivity index (χ3v) is 2.12. The zero-order valence-electron chi connectivity index (χ0n) is 13.3. The Labute approximate surface area is 111 Å². The van der Waals surface area contributed by atoms with Crippen molar-refractivity contribution in [1.82, 2.24) is 5.32 Å². The van der Waals surface area contributed by atoms with E-state index in [0.717, 1.165) is 6.54 Å². The molecule has 17 heavy (non-hydrogen) atoms. The maximum Gasteiger partial charge on any atom is -0.00490 e. The van der Waals surface area contributed by atoms with Crippen LogP contribution in [0.2, 0.25) is 0 Å². The van der Waals surface area contributed by atoms with Gasteiger partial charge < -0.3 is 5.32 Å². The third-order valence-electron chi connectivity index (χ3n) is 2.12. The molecule has 1 N–H and O–H groups in total. The first-order valence-electron chi connectivity index (χ1n) is 7.77. The fraction of sp³-hybridized carbons (Fsp3) is 0.875. The molecule has 0 heterocycles. The zero-order chi connectivity index (χ0) is 13.8. The molecule has 1 aliphatic carbocycles. The van der Waals surface area contributed by atoms with Crippen molar-refractivity contribution in [2.45, 2.75) is 80.1 Å². The molecule has 0 atom stereocenters. The van der Waals surface area contributed by atoms with Crippen molar-refractivity contribution in [3.05, 3.63) is 12.2 Å². The van der Waals surface area contributed by atoms with Crippen LogP contribution in [0.4, 0.5) is 0 Å². The number of unbranched alkanes of at least 4 members (excludes halogenated alkanes) is 2. The number of allylic oxidation sites excluding steroid dienone is 2. The van der Waals surface area contributed by atoms with Gasteiger partial charge in [0.25, 0.3) is 0 Å². The second kappa shape index (κ2) is 29.6. The molecule has 0 unspecified atom stereocenters. The summed E-state index contributed by atoms with van der Waals surface area (Å²) >= 11 is 0. The summed E-state index contributed by atoms with van der Waals surface area (Å²) < 4.78 is 0. The average molecular weight is 243 g/mol. The second-order valence-electron chi connectivity index (χ2n) is 3.46. The van der Waals surface area contributed by atoms with Crippen LogP contribution < -0.4 is 5.32 Å². The van der Waals surface area contributed by atoms with Crippen LogP contribution in [-0.2, 0) is 0 Å². The van der Waals surface area contributed by atoms with Gasteiger partial charge in [0.05, 0.1) is 0 Å². The lowest BCUT2D eigenvalue weighted by Gasteiger charge is -1.97. The van der Waals surface area contributed by atoms with E-state index in [2.05, 4.69) is 31.3 Å². The summed E-state index contributed by atoms with van der Waals surface area (Å²) in [4.78, 5) is 0. The van der Waals surface area contributed by atoms with Gasteiger partial charge in [0.15, 0.2) is 0 Å². The minimum atomic E-state index is 1.11. The summed E-state index contributed by atoms with van der Waals surface area (Å²) in [6, 6.07) is 0. The molecule has 0 saturated heterocycles. The molecule has 0 amide bonds. The Morgan fingerprint density at radius 2 is 1.41 bits per heavy atom. The van der Waals surface area contributed by atoms with Crippen LogP contribution >= 0.6 is 0 Å². The van der Waals surface area contributed by atoms with E-state index in [0.29, 0.717) is 0 Å². The minimum absolute atomic E-state index is 1.11. The van der Waals surface area contributed by atoms with Gasteiger partial charge in [0.1, 0.15) is 0 Å². The van der Waals surface area contributed by atoms with E-state index in [1.807, 2.05) is 27.7 Å². The summed E-state index contributed by atoms with van der Waals surface area (Å²) in [6.45, 7) is 14.7. The van der Waals surface area contributed by atoms with E-state index in [9.17, 15) is 0 Å². The van der Waals surface area contributed by atoms with E-state index >= 15 is 0 Å². The lowest BCUT2D eigenvalue weighted by atomic mass is 10.2. The molecule has 0 bridgehead atoms. The molecule has 0 radical (unpaired) electrons. The van der Waals surface area contributed by atoms with Gasteiger partial charge >= 0.3 is 0 Å². The largest absolute Gasteiger partial charge is 0.317 e. The van der Waals surface area contributed by atoms with E-state index in [1.54, 1.807) is 0 Å². The predicted molar refractivity (Wildman–Crippen MR) is 83.8 cm³/mol. The molecule has 0 aliphatic heterocycles. The van der Waals surface area contributed by atoms with Gasteiger partial charge in [-0.05, 0) is 38.8 Å². The van der Waals surface area contributed by atoms with E-state index in [4.69, 9.17) is 0 Å². The molecule has 0 fully saturated rings. The van der Waals surface area contributed by atoms with Gasteiger partial charge in [-0.1, -0.05) is 66.5 Å². The van der Waals surface area contributed by atoms with Crippen molar-refractivity contribution in [3.63, 3.8) is 0 Å². The highest BCUT2D eigenvalue weighted by Gasteiger charge is 1.84. The molecule has 0 aromatic heterocycles. The fourth-order valence-corrected chi connectivity index (χ4v) is 1.27. The molecule has 106 valence electrons. The number of nitrogens with one attached hydrogen (secondary N) is 1. The summed E-state index contributed by atoms with van der Waals surface area (Å²) in [5.41, 5.74) is 0. The van der Waals surface area contributed by atoms with Gasteiger partial charge in [-0.3, -0.25) is 0 Å². The van der Waals surface area contributed by atoms with Crippen LogP contribution in [0.15, 0.2) is 12.2 Å². The first-order valence-corrected chi connectivity index (χ1v) is 7.77. The highest BCUT2D eigenvalue weighted by Crippen LogP contribution is 2.05. The molecule has 1 aliphatic rings. The van der Waals surface area contributed by atoms with Crippen LogP contribution in [0.1, 0.15) is 80.1 Å². The Kier molecular flexibility index (Phi) is 38.2. The van der Waals surface area contributed by atoms with Crippen molar-refractivity contribution < 1.29 is 0 Å². The maximum absolute atomic E-state index is 3.28. The van der Waals surface area contributed by atoms with Gasteiger partial charge in [0.2, 0.25) is 0 Å². The van der Waals surface area contributed by atoms with E-state index in [-0.39, 0.29) is 0 Å². The highest BCUT2D eigenvalue weighted by atomic mass is 14.8. The maximum atomic E-state index is 3.28. The summed E-state index contributed by atoms with van der Waals surface area (Å²) in [5, 5.41) is 3.28. The second-order valence-corrected chi connectivity index (χ2v) is 3.46. The molecule has 1 heteroatoms. The average Bonchev–Trinajstić information content (AvgIpc) is 2.99. The highest BCUT2D eigenvalue weighted by molar-refractivity contribution is 4.88. The Balaban J connectivity index is -0.000000186. The van der Waals surface area contributed by atoms with E-state index in [1.165, 1.54) is 45.1 Å². The molecule has 0 aromatic carbocycles. The molecular weight excluding hydrogens is 206 g/mol. The van der Waals surface area contributed by atoms with Crippen LogP contribution in [0.3, 0.4) is 0 Å².